The number of para-hydroxylation sites is 1. The zero-order valence-electron chi connectivity index (χ0n) is 14.7. The van der Waals surface area contributed by atoms with Crippen LogP contribution in [0, 0.1) is 6.92 Å². The van der Waals surface area contributed by atoms with Crippen molar-refractivity contribution in [2.45, 2.75) is 26.7 Å². The highest BCUT2D eigenvalue weighted by atomic mass is 35.5. The number of carbonyl (C=O) groups excluding carboxylic acids is 2. The summed E-state index contributed by atoms with van der Waals surface area (Å²) in [7, 11) is 0. The minimum Gasteiger partial charge on any atom is -0.465 e. The van der Waals surface area contributed by atoms with E-state index < -0.39 is 23.4 Å². The predicted octanol–water partition coefficient (Wildman–Crippen LogP) is 2.40. The normalized spacial score (nSPS) is 10.7. The van der Waals surface area contributed by atoms with E-state index >= 15 is 0 Å². The zero-order valence-corrected chi connectivity index (χ0v) is 15.4. The van der Waals surface area contributed by atoms with E-state index in [0.29, 0.717) is 11.4 Å². The largest absolute Gasteiger partial charge is 0.465 e. The lowest BCUT2D eigenvalue weighted by Gasteiger charge is -2.17. The number of aromatic nitrogens is 2. The lowest BCUT2D eigenvalue weighted by Crippen LogP contribution is -2.35. The molecular formula is C18H19ClN2O5. The lowest BCUT2D eigenvalue weighted by molar-refractivity contribution is -0.157. The quantitative estimate of drug-likeness (QED) is 0.566. The second-order valence-electron chi connectivity index (χ2n) is 5.29. The highest BCUT2D eigenvalue weighted by Gasteiger charge is 2.36. The van der Waals surface area contributed by atoms with Crippen molar-refractivity contribution in [2.24, 2.45) is 0 Å². The van der Waals surface area contributed by atoms with E-state index in [0.717, 1.165) is 0 Å². The first-order valence-electron chi connectivity index (χ1n) is 8.10. The number of carbonyl (C=O) groups is 2. The van der Waals surface area contributed by atoms with Crippen LogP contribution in [0.25, 0.3) is 5.69 Å². The molecule has 0 saturated carbocycles. The van der Waals surface area contributed by atoms with Crippen LogP contribution in [-0.4, -0.2) is 34.7 Å². The average Bonchev–Trinajstić information content (AvgIpc) is 2.61. The summed E-state index contributed by atoms with van der Waals surface area (Å²) in [6.07, 6.45) is 0. The number of rotatable bonds is 6. The summed E-state index contributed by atoms with van der Waals surface area (Å²) in [4.78, 5) is 41.6. The van der Waals surface area contributed by atoms with Gasteiger partial charge in [0.15, 0.2) is 0 Å². The Bertz CT molecular complexity index is 846. The van der Waals surface area contributed by atoms with Gasteiger partial charge in [0.05, 0.1) is 18.9 Å². The minimum absolute atomic E-state index is 0.00190. The van der Waals surface area contributed by atoms with Crippen LogP contribution >= 0.6 is 11.6 Å². The Hall–Kier alpha value is -2.67. The molecule has 1 aromatic carbocycles. The predicted molar refractivity (Wildman–Crippen MR) is 95.6 cm³/mol. The molecule has 2 rings (SSSR count). The van der Waals surface area contributed by atoms with Gasteiger partial charge >= 0.3 is 11.9 Å². The molecule has 1 heterocycles. The smallest absolute Gasteiger partial charge is 0.326 e. The number of halogens is 1. The monoisotopic (exact) mass is 378 g/mol. The molecule has 0 aliphatic rings. The molecule has 0 unspecified atom stereocenters. The number of hydrogen-bond acceptors (Lipinski definition) is 6. The van der Waals surface area contributed by atoms with Gasteiger partial charge in [-0.1, -0.05) is 29.8 Å². The maximum Gasteiger partial charge on any atom is 0.326 e. The first-order chi connectivity index (χ1) is 12.4. The summed E-state index contributed by atoms with van der Waals surface area (Å²) in [5.74, 6) is -3.42. The SMILES string of the molecule is CCOC(=O)C(C(=O)OCC)c1nc(Cl)c(C)n(-c2ccccc2)c1=O. The van der Waals surface area contributed by atoms with E-state index in [-0.39, 0.29) is 24.1 Å². The molecule has 8 heteroatoms. The number of benzene rings is 1. The summed E-state index contributed by atoms with van der Waals surface area (Å²) in [5, 5.41) is 0.00190. The maximum atomic E-state index is 13.0. The van der Waals surface area contributed by atoms with Gasteiger partial charge in [0.25, 0.3) is 5.56 Å². The van der Waals surface area contributed by atoms with Crippen LogP contribution in [0.1, 0.15) is 31.2 Å². The van der Waals surface area contributed by atoms with Gasteiger partial charge < -0.3 is 9.47 Å². The summed E-state index contributed by atoms with van der Waals surface area (Å²) in [6.45, 7) is 4.90. The van der Waals surface area contributed by atoms with E-state index in [4.69, 9.17) is 21.1 Å². The molecule has 0 aliphatic carbocycles. The highest BCUT2D eigenvalue weighted by molar-refractivity contribution is 6.30. The molecule has 26 heavy (non-hydrogen) atoms. The summed E-state index contributed by atoms with van der Waals surface area (Å²) in [5.41, 5.74) is -0.0457. The minimum atomic E-state index is -1.60. The Morgan fingerprint density at radius 1 is 1.12 bits per heavy atom. The second-order valence-corrected chi connectivity index (χ2v) is 5.64. The standard InChI is InChI=1S/C18H19ClN2O5/c1-4-25-17(23)13(18(24)26-5-2)14-16(22)21(11(3)15(19)20-14)12-9-7-6-8-10-12/h6-10,13H,4-5H2,1-3H3. The molecule has 0 radical (unpaired) electrons. The molecule has 1 aromatic heterocycles. The first-order valence-corrected chi connectivity index (χ1v) is 8.47. The number of nitrogens with zero attached hydrogens (tertiary/aromatic N) is 2. The van der Waals surface area contributed by atoms with Crippen molar-refractivity contribution in [3.63, 3.8) is 0 Å². The number of esters is 2. The van der Waals surface area contributed by atoms with E-state index in [9.17, 15) is 14.4 Å². The molecular weight excluding hydrogens is 360 g/mol. The maximum absolute atomic E-state index is 13.0. The third-order valence-corrected chi connectivity index (χ3v) is 3.97. The van der Waals surface area contributed by atoms with Crippen LogP contribution in [0.2, 0.25) is 5.15 Å². The number of hydrogen-bond donors (Lipinski definition) is 0. The molecule has 0 amide bonds. The van der Waals surface area contributed by atoms with Gasteiger partial charge in [0.1, 0.15) is 10.8 Å². The molecule has 0 spiro atoms. The highest BCUT2D eigenvalue weighted by Crippen LogP contribution is 2.21. The molecule has 7 nitrogen and oxygen atoms in total. The van der Waals surface area contributed by atoms with Gasteiger partial charge in [-0.05, 0) is 32.9 Å². The fourth-order valence-electron chi connectivity index (χ4n) is 2.44. The van der Waals surface area contributed by atoms with E-state index in [1.165, 1.54) is 4.57 Å². The van der Waals surface area contributed by atoms with Crippen LogP contribution in [0.3, 0.4) is 0 Å². The van der Waals surface area contributed by atoms with Crippen molar-refractivity contribution in [1.29, 1.82) is 0 Å². The Morgan fingerprint density at radius 3 is 2.15 bits per heavy atom. The topological polar surface area (TPSA) is 87.5 Å². The fraction of sp³-hybridized carbons (Fsp3) is 0.333. The van der Waals surface area contributed by atoms with Crippen molar-refractivity contribution in [3.05, 3.63) is 57.2 Å². The van der Waals surface area contributed by atoms with Gasteiger partial charge in [0, 0.05) is 5.69 Å². The third-order valence-electron chi connectivity index (χ3n) is 3.61. The van der Waals surface area contributed by atoms with Gasteiger partial charge in [-0.2, -0.15) is 0 Å². The van der Waals surface area contributed by atoms with E-state index in [1.807, 2.05) is 0 Å². The van der Waals surface area contributed by atoms with Crippen molar-refractivity contribution in [3.8, 4) is 5.69 Å². The van der Waals surface area contributed by atoms with Gasteiger partial charge in [-0.25, -0.2) is 4.98 Å². The van der Waals surface area contributed by atoms with Gasteiger partial charge in [-0.15, -0.1) is 0 Å². The van der Waals surface area contributed by atoms with Crippen LogP contribution in [0.5, 0.6) is 0 Å². The van der Waals surface area contributed by atoms with Crippen LogP contribution in [0.15, 0.2) is 35.1 Å². The summed E-state index contributed by atoms with van der Waals surface area (Å²) >= 11 is 6.17. The first kappa shape index (κ1) is 19.7. The molecule has 0 aliphatic heterocycles. The zero-order chi connectivity index (χ0) is 19.3. The Kier molecular flexibility index (Phi) is 6.52. The number of ether oxygens (including phenoxy) is 2. The Balaban J connectivity index is 2.70. The van der Waals surface area contributed by atoms with Crippen LogP contribution < -0.4 is 5.56 Å². The molecule has 138 valence electrons. The van der Waals surface area contributed by atoms with Crippen molar-refractivity contribution < 1.29 is 19.1 Å². The molecule has 0 atom stereocenters. The summed E-state index contributed by atoms with van der Waals surface area (Å²) in [6, 6.07) is 8.72. The fourth-order valence-corrected chi connectivity index (χ4v) is 2.62. The summed E-state index contributed by atoms with van der Waals surface area (Å²) < 4.78 is 11.2. The van der Waals surface area contributed by atoms with E-state index in [1.54, 1.807) is 51.1 Å². The second kappa shape index (κ2) is 8.62. The molecule has 0 saturated heterocycles. The molecule has 0 bridgehead atoms. The van der Waals surface area contributed by atoms with Gasteiger partial charge in [0.2, 0.25) is 5.92 Å². The van der Waals surface area contributed by atoms with Crippen LogP contribution in [0.4, 0.5) is 0 Å². The Labute approximate surface area is 155 Å². The molecule has 2 aromatic rings. The molecule has 0 fully saturated rings. The van der Waals surface area contributed by atoms with Crippen molar-refractivity contribution in [2.75, 3.05) is 13.2 Å². The van der Waals surface area contributed by atoms with E-state index in [2.05, 4.69) is 4.98 Å². The van der Waals surface area contributed by atoms with Crippen LogP contribution in [-0.2, 0) is 19.1 Å². The van der Waals surface area contributed by atoms with Crippen molar-refractivity contribution in [1.82, 2.24) is 9.55 Å². The average molecular weight is 379 g/mol. The molecule has 0 N–H and O–H groups in total. The third kappa shape index (κ3) is 3.94. The lowest BCUT2D eigenvalue weighted by atomic mass is 10.1. The van der Waals surface area contributed by atoms with Gasteiger partial charge in [-0.3, -0.25) is 19.0 Å². The Morgan fingerprint density at radius 2 is 1.65 bits per heavy atom. The van der Waals surface area contributed by atoms with Crippen molar-refractivity contribution >= 4 is 23.5 Å².